The second kappa shape index (κ2) is 10.2. The fourth-order valence-corrected chi connectivity index (χ4v) is 10.6. The highest BCUT2D eigenvalue weighted by Crippen LogP contribution is 2.68. The van der Waals surface area contributed by atoms with Crippen LogP contribution in [0.15, 0.2) is 64.4 Å². The molecular weight excluding hydrogens is 574 g/mol. The SMILES string of the molecule is CCOC(=O)c1ccc(NC(=O)C(C)N2C(=O)C3C4CC(C3C2=O)C2C(c3ccccc3)c3sc(=O)[nH]c3SC42)cc1. The number of carbonyl (C=O) groups excluding carboxylic acids is 4. The molecule has 1 aromatic heterocycles. The third kappa shape index (κ3) is 4.08. The zero-order valence-electron chi connectivity index (χ0n) is 22.9. The molecule has 2 saturated carbocycles. The van der Waals surface area contributed by atoms with Crippen molar-refractivity contribution in [1.82, 2.24) is 9.88 Å². The Morgan fingerprint density at radius 1 is 1.02 bits per heavy atom. The molecular formula is C31H29N3O6S2. The van der Waals surface area contributed by atoms with Crippen LogP contribution in [0.25, 0.3) is 0 Å². The molecule has 8 atom stereocenters. The fraction of sp³-hybridized carbons (Fsp3) is 0.387. The van der Waals surface area contributed by atoms with Crippen LogP contribution in [-0.2, 0) is 19.1 Å². The summed E-state index contributed by atoms with van der Waals surface area (Å²) in [7, 11) is 0. The van der Waals surface area contributed by atoms with Gasteiger partial charge in [-0.2, -0.15) is 0 Å². The molecule has 216 valence electrons. The van der Waals surface area contributed by atoms with Crippen molar-refractivity contribution in [2.45, 2.75) is 42.5 Å². The van der Waals surface area contributed by atoms with Crippen LogP contribution < -0.4 is 10.2 Å². The van der Waals surface area contributed by atoms with E-state index in [4.69, 9.17) is 4.74 Å². The number of H-pyrrole nitrogens is 1. The summed E-state index contributed by atoms with van der Waals surface area (Å²) in [5.41, 5.74) is 1.93. The van der Waals surface area contributed by atoms with Gasteiger partial charge in [-0.1, -0.05) is 41.7 Å². The fourth-order valence-electron chi connectivity index (χ4n) is 7.72. The summed E-state index contributed by atoms with van der Waals surface area (Å²) < 4.78 is 5.00. The van der Waals surface area contributed by atoms with Gasteiger partial charge in [0.25, 0.3) is 0 Å². The van der Waals surface area contributed by atoms with E-state index in [9.17, 15) is 24.0 Å². The molecule has 9 nitrogen and oxygen atoms in total. The van der Waals surface area contributed by atoms with Crippen molar-refractivity contribution in [2.24, 2.45) is 29.6 Å². The quantitative estimate of drug-likeness (QED) is 0.321. The zero-order chi connectivity index (χ0) is 29.3. The number of likely N-dealkylation sites (tertiary alicyclic amines) is 1. The lowest BCUT2D eigenvalue weighted by Gasteiger charge is -2.43. The second-order valence-electron chi connectivity index (χ2n) is 11.4. The van der Waals surface area contributed by atoms with Gasteiger partial charge in [0.15, 0.2) is 0 Å². The van der Waals surface area contributed by atoms with Crippen LogP contribution in [0.4, 0.5) is 5.69 Å². The van der Waals surface area contributed by atoms with Crippen molar-refractivity contribution >= 4 is 52.5 Å². The average molecular weight is 604 g/mol. The topological polar surface area (TPSA) is 126 Å². The molecule has 0 spiro atoms. The molecule has 2 aliphatic carbocycles. The van der Waals surface area contributed by atoms with Crippen LogP contribution in [0.5, 0.6) is 0 Å². The molecule has 8 unspecified atom stereocenters. The van der Waals surface area contributed by atoms with E-state index in [2.05, 4.69) is 22.4 Å². The number of benzene rings is 2. The van der Waals surface area contributed by atoms with Gasteiger partial charge in [-0.05, 0) is 67.9 Å². The third-order valence-electron chi connectivity index (χ3n) is 9.35. The summed E-state index contributed by atoms with van der Waals surface area (Å²) in [5, 5.41) is 3.75. The number of rotatable bonds is 6. The Bertz CT molecular complexity index is 1650. The van der Waals surface area contributed by atoms with Crippen molar-refractivity contribution in [2.75, 3.05) is 11.9 Å². The number of hydrogen-bond acceptors (Lipinski definition) is 8. The van der Waals surface area contributed by atoms with Crippen LogP contribution >= 0.6 is 23.1 Å². The van der Waals surface area contributed by atoms with Gasteiger partial charge in [-0.25, -0.2) is 4.79 Å². The Kier molecular flexibility index (Phi) is 6.62. The van der Waals surface area contributed by atoms with Crippen molar-refractivity contribution in [1.29, 1.82) is 0 Å². The van der Waals surface area contributed by atoms with Crippen molar-refractivity contribution in [3.05, 3.63) is 80.3 Å². The van der Waals surface area contributed by atoms with Crippen LogP contribution in [0, 0.1) is 29.6 Å². The number of thiazole rings is 1. The molecule has 2 aromatic carbocycles. The molecule has 11 heteroatoms. The lowest BCUT2D eigenvalue weighted by Crippen LogP contribution is -2.46. The number of carbonyl (C=O) groups is 4. The molecule has 3 amide bonds. The molecule has 0 radical (unpaired) electrons. The first-order chi connectivity index (χ1) is 20.3. The van der Waals surface area contributed by atoms with Crippen LogP contribution in [-0.4, -0.2) is 51.5 Å². The van der Waals surface area contributed by atoms with E-state index in [1.165, 1.54) is 16.2 Å². The maximum Gasteiger partial charge on any atom is 0.338 e. The predicted molar refractivity (Wildman–Crippen MR) is 157 cm³/mol. The number of thioether (sulfide) groups is 1. The van der Waals surface area contributed by atoms with Crippen molar-refractivity contribution in [3.63, 3.8) is 0 Å². The Morgan fingerprint density at radius 3 is 2.40 bits per heavy atom. The van der Waals surface area contributed by atoms with E-state index in [1.54, 1.807) is 49.9 Å². The molecule has 7 rings (SSSR count). The van der Waals surface area contributed by atoms with Gasteiger partial charge in [0.2, 0.25) is 17.7 Å². The number of fused-ring (bicyclic) bond motifs is 9. The summed E-state index contributed by atoms with van der Waals surface area (Å²) in [6.45, 7) is 3.57. The highest BCUT2D eigenvalue weighted by Gasteiger charge is 2.70. The minimum absolute atomic E-state index is 0.00936. The standard InChI is InChI=1S/C31H29N3O6S2/c1-3-40-30(38)16-9-11-17(12-10-16)32-26(35)14(2)34-28(36)22-18-13-19(23(22)29(34)37)24-21(18)20(15-7-5-4-6-8-15)25-27(41-24)33-31(39)42-25/h4-12,14,18-24H,3,13H2,1-2H3,(H,32,35)(H,33,39). The zero-order valence-corrected chi connectivity index (χ0v) is 24.6. The van der Waals surface area contributed by atoms with Gasteiger partial charge in [-0.15, -0.1) is 11.8 Å². The first-order valence-electron chi connectivity index (χ1n) is 14.2. The normalized spacial score (nSPS) is 29.6. The minimum atomic E-state index is -0.989. The van der Waals surface area contributed by atoms with E-state index in [1.807, 2.05) is 18.2 Å². The Labute approximate surface area is 250 Å². The molecule has 1 saturated heterocycles. The monoisotopic (exact) mass is 603 g/mol. The van der Waals surface area contributed by atoms with Gasteiger partial charge in [0, 0.05) is 21.7 Å². The highest BCUT2D eigenvalue weighted by atomic mass is 32.2. The lowest BCUT2D eigenvalue weighted by molar-refractivity contribution is -0.146. The smallest absolute Gasteiger partial charge is 0.338 e. The molecule has 3 fully saturated rings. The van der Waals surface area contributed by atoms with E-state index >= 15 is 0 Å². The largest absolute Gasteiger partial charge is 0.462 e. The number of hydrogen-bond donors (Lipinski definition) is 2. The number of esters is 1. The Morgan fingerprint density at radius 2 is 1.71 bits per heavy atom. The molecule has 4 aliphatic rings. The van der Waals surface area contributed by atoms with Crippen LogP contribution in [0.3, 0.4) is 0 Å². The molecule has 2 N–H and O–H groups in total. The maximum atomic E-state index is 13.9. The third-order valence-corrected chi connectivity index (χ3v) is 11.9. The van der Waals surface area contributed by atoms with Crippen LogP contribution in [0.1, 0.15) is 47.0 Å². The van der Waals surface area contributed by atoms with Gasteiger partial charge in [-0.3, -0.25) is 24.1 Å². The number of ether oxygens (including phenoxy) is 1. The number of nitrogens with one attached hydrogen (secondary N) is 2. The van der Waals surface area contributed by atoms with E-state index in [-0.39, 0.29) is 52.2 Å². The second-order valence-corrected chi connectivity index (χ2v) is 13.6. The summed E-state index contributed by atoms with van der Waals surface area (Å²) >= 11 is 2.88. The van der Waals surface area contributed by atoms with E-state index in [0.29, 0.717) is 11.3 Å². The Balaban J connectivity index is 1.14. The number of anilines is 1. The van der Waals surface area contributed by atoms with Gasteiger partial charge < -0.3 is 15.0 Å². The number of aromatic amines is 1. The molecule has 3 heterocycles. The number of amides is 3. The first kappa shape index (κ1) is 27.2. The van der Waals surface area contributed by atoms with Gasteiger partial charge in [0.1, 0.15) is 6.04 Å². The Hall–Kier alpha value is -3.70. The number of nitrogens with zero attached hydrogens (tertiary/aromatic N) is 1. The summed E-state index contributed by atoms with van der Waals surface area (Å²) in [4.78, 5) is 70.5. The maximum absolute atomic E-state index is 13.9. The highest BCUT2D eigenvalue weighted by molar-refractivity contribution is 8.00. The molecule has 2 aliphatic heterocycles. The van der Waals surface area contributed by atoms with Crippen molar-refractivity contribution < 1.29 is 23.9 Å². The van der Waals surface area contributed by atoms with E-state index in [0.717, 1.165) is 21.9 Å². The summed E-state index contributed by atoms with van der Waals surface area (Å²) in [5.74, 6) is -2.34. The van der Waals surface area contributed by atoms with Gasteiger partial charge >= 0.3 is 10.8 Å². The lowest BCUT2D eigenvalue weighted by atomic mass is 9.68. The average Bonchev–Trinajstić information content (AvgIpc) is 3.72. The molecule has 2 bridgehead atoms. The van der Waals surface area contributed by atoms with Crippen LogP contribution in [0.2, 0.25) is 0 Å². The summed E-state index contributed by atoms with van der Waals surface area (Å²) in [6, 6.07) is 15.4. The molecule has 3 aromatic rings. The number of imide groups is 1. The first-order valence-corrected chi connectivity index (χ1v) is 15.9. The van der Waals surface area contributed by atoms with Crippen molar-refractivity contribution in [3.8, 4) is 0 Å². The summed E-state index contributed by atoms with van der Waals surface area (Å²) in [6.07, 6.45) is 0.791. The number of aromatic nitrogens is 1. The van der Waals surface area contributed by atoms with E-state index < -0.39 is 29.8 Å². The predicted octanol–water partition coefficient (Wildman–Crippen LogP) is 4.11. The minimum Gasteiger partial charge on any atom is -0.462 e. The van der Waals surface area contributed by atoms with Gasteiger partial charge in [0.05, 0.1) is 29.0 Å². The molecule has 42 heavy (non-hydrogen) atoms.